The molecule has 0 atom stereocenters. The van der Waals surface area contributed by atoms with Crippen molar-refractivity contribution < 1.29 is 14.2 Å². The molecule has 2 aromatic carbocycles. The number of morpholine rings is 1. The minimum Gasteiger partial charge on any atom is -0.508 e. The van der Waals surface area contributed by atoms with E-state index in [1.807, 2.05) is 24.3 Å². The maximum Gasteiger partial charge on any atom is 0.337 e. The summed E-state index contributed by atoms with van der Waals surface area (Å²) in [5, 5.41) is 10.4. The van der Waals surface area contributed by atoms with Crippen LogP contribution in [0.1, 0.15) is 37.3 Å². The minimum absolute atomic E-state index is 0.0411. The highest BCUT2D eigenvalue weighted by Crippen LogP contribution is 2.31. The number of phenols is 1. The number of nitrogens with zero attached hydrogens (tertiary/aromatic N) is 4. The fourth-order valence-corrected chi connectivity index (χ4v) is 5.88. The van der Waals surface area contributed by atoms with Crippen molar-refractivity contribution >= 4 is 11.0 Å². The third-order valence-corrected chi connectivity index (χ3v) is 8.00. The average molecular weight is 546 g/mol. The number of ether oxygens (including phenoxy) is 1. The first-order valence-corrected chi connectivity index (χ1v) is 13.7. The average Bonchev–Trinajstić information content (AvgIpc) is 2.96. The summed E-state index contributed by atoms with van der Waals surface area (Å²) in [6, 6.07) is 13.5. The summed E-state index contributed by atoms with van der Waals surface area (Å²) in [5.74, 6) is -0.511. The molecule has 1 aliphatic carbocycles. The quantitative estimate of drug-likeness (QED) is 0.395. The molecule has 9 nitrogen and oxygen atoms in total. The number of benzene rings is 2. The van der Waals surface area contributed by atoms with Crippen molar-refractivity contribution in [2.24, 2.45) is 5.73 Å². The van der Waals surface area contributed by atoms with E-state index >= 15 is 0 Å². The van der Waals surface area contributed by atoms with Crippen LogP contribution in [0.2, 0.25) is 0 Å². The van der Waals surface area contributed by atoms with Crippen LogP contribution in [0.3, 0.4) is 0 Å². The number of aromatic hydroxyl groups is 1. The minimum atomic E-state index is -0.645. The van der Waals surface area contributed by atoms with Crippen LogP contribution >= 0.6 is 0 Å². The Morgan fingerprint density at radius 2 is 1.80 bits per heavy atom. The largest absolute Gasteiger partial charge is 0.508 e. The third-order valence-electron chi connectivity index (χ3n) is 8.00. The van der Waals surface area contributed by atoms with Gasteiger partial charge in [0, 0.05) is 31.7 Å². The predicted octanol–water partition coefficient (Wildman–Crippen LogP) is 3.33. The molecule has 0 bridgehead atoms. The molecule has 0 spiro atoms. The second-order valence-corrected chi connectivity index (χ2v) is 10.7. The summed E-state index contributed by atoms with van der Waals surface area (Å²) in [4.78, 5) is 34.0. The number of aromatic nitrogens is 3. The molecule has 208 valence electrons. The van der Waals surface area contributed by atoms with Crippen LogP contribution in [0.5, 0.6) is 5.75 Å². The van der Waals surface area contributed by atoms with Crippen LogP contribution in [0.25, 0.3) is 27.8 Å². The third kappa shape index (κ3) is 5.05. The molecule has 10 heteroatoms. The van der Waals surface area contributed by atoms with E-state index in [2.05, 4.69) is 9.88 Å². The van der Waals surface area contributed by atoms with Gasteiger partial charge in [0.05, 0.1) is 30.5 Å². The van der Waals surface area contributed by atoms with E-state index < -0.39 is 17.1 Å². The Labute approximate surface area is 230 Å². The smallest absolute Gasteiger partial charge is 0.337 e. The van der Waals surface area contributed by atoms with Gasteiger partial charge in [-0.25, -0.2) is 18.7 Å². The van der Waals surface area contributed by atoms with E-state index in [1.54, 1.807) is 18.2 Å². The van der Waals surface area contributed by atoms with Crippen LogP contribution in [-0.2, 0) is 11.3 Å². The summed E-state index contributed by atoms with van der Waals surface area (Å²) in [7, 11) is 0. The van der Waals surface area contributed by atoms with Crippen molar-refractivity contribution in [1.29, 1.82) is 0 Å². The fourth-order valence-electron chi connectivity index (χ4n) is 5.88. The Hall–Kier alpha value is -3.86. The van der Waals surface area contributed by atoms with Crippen molar-refractivity contribution in [1.82, 2.24) is 19.0 Å². The maximum absolute atomic E-state index is 14.3. The van der Waals surface area contributed by atoms with Crippen molar-refractivity contribution in [2.75, 3.05) is 26.3 Å². The van der Waals surface area contributed by atoms with Crippen molar-refractivity contribution in [2.45, 2.75) is 44.3 Å². The van der Waals surface area contributed by atoms with Crippen LogP contribution < -0.4 is 17.0 Å². The molecule has 1 aliphatic heterocycles. The predicted molar refractivity (Wildman–Crippen MR) is 150 cm³/mol. The molecular weight excluding hydrogens is 513 g/mol. The molecule has 1 saturated heterocycles. The van der Waals surface area contributed by atoms with E-state index in [0.717, 1.165) is 42.0 Å². The van der Waals surface area contributed by atoms with Crippen molar-refractivity contribution in [3.63, 3.8) is 0 Å². The zero-order valence-corrected chi connectivity index (χ0v) is 22.1. The molecule has 2 fully saturated rings. The van der Waals surface area contributed by atoms with Crippen LogP contribution in [-0.4, -0.2) is 56.5 Å². The van der Waals surface area contributed by atoms with Gasteiger partial charge in [0.25, 0.3) is 5.56 Å². The number of halogens is 1. The van der Waals surface area contributed by atoms with E-state index in [-0.39, 0.29) is 28.9 Å². The van der Waals surface area contributed by atoms with Crippen molar-refractivity contribution in [3.05, 3.63) is 86.9 Å². The number of pyridine rings is 1. The number of rotatable bonds is 5. The van der Waals surface area contributed by atoms with E-state index in [0.29, 0.717) is 51.1 Å². The number of hydrogen-bond acceptors (Lipinski definition) is 7. The van der Waals surface area contributed by atoms with Gasteiger partial charge in [-0.3, -0.25) is 14.3 Å². The number of fused-ring (bicyclic) bond motifs is 1. The van der Waals surface area contributed by atoms with Gasteiger partial charge in [-0.1, -0.05) is 18.2 Å². The Kier molecular flexibility index (Phi) is 7.22. The first-order valence-electron chi connectivity index (χ1n) is 13.7. The lowest BCUT2D eigenvalue weighted by Gasteiger charge is -2.28. The Bertz CT molecular complexity index is 1670. The lowest BCUT2D eigenvalue weighted by atomic mass is 9.91. The number of phenolic OH excluding ortho intramolecular Hbond substituents is 1. The molecule has 2 aliphatic rings. The molecular formula is C30H32FN5O4. The van der Waals surface area contributed by atoms with Gasteiger partial charge in [-0.15, -0.1) is 0 Å². The number of hydrogen-bond donors (Lipinski definition) is 2. The van der Waals surface area contributed by atoms with Gasteiger partial charge in [0.15, 0.2) is 5.65 Å². The summed E-state index contributed by atoms with van der Waals surface area (Å²) < 4.78 is 22.4. The van der Waals surface area contributed by atoms with Gasteiger partial charge >= 0.3 is 5.69 Å². The highest BCUT2D eigenvalue weighted by Gasteiger charge is 2.26. The normalized spacial score (nSPS) is 20.1. The zero-order chi connectivity index (χ0) is 27.8. The molecule has 3 N–H and O–H groups in total. The highest BCUT2D eigenvalue weighted by atomic mass is 19.1. The summed E-state index contributed by atoms with van der Waals surface area (Å²) in [5.41, 5.74) is 8.27. The van der Waals surface area contributed by atoms with Crippen LogP contribution in [0, 0.1) is 5.82 Å². The topological polar surface area (TPSA) is 116 Å². The second-order valence-electron chi connectivity index (χ2n) is 10.7. The molecule has 4 aromatic rings. The SMILES string of the molecule is NC1CCC(n2c(=O)c3cc(F)cnc3n(-c3cccc(-c4cc(O)ccc4CN4CCOCC4)c3)c2=O)CC1. The molecule has 0 unspecified atom stereocenters. The summed E-state index contributed by atoms with van der Waals surface area (Å²) >= 11 is 0. The van der Waals surface area contributed by atoms with E-state index in [4.69, 9.17) is 10.5 Å². The standard InChI is InChI=1S/C30H32FN5O4/c31-21-15-27-28(33-17-21)35(30(39)36(29(27)38)23-7-5-22(32)6-8-23)24-3-1-2-19(14-24)26-16-25(37)9-4-20(26)18-34-10-12-40-13-11-34/h1-4,9,14-17,22-23,37H,5-8,10-13,18,32H2. The summed E-state index contributed by atoms with van der Waals surface area (Å²) in [6.45, 7) is 3.67. The van der Waals surface area contributed by atoms with Crippen LogP contribution in [0.4, 0.5) is 4.39 Å². The molecule has 6 rings (SSSR count). The van der Waals surface area contributed by atoms with Crippen molar-refractivity contribution in [3.8, 4) is 22.6 Å². The van der Waals surface area contributed by atoms with Gasteiger partial charge in [0.1, 0.15) is 11.6 Å². The lowest BCUT2D eigenvalue weighted by molar-refractivity contribution is 0.0342. The van der Waals surface area contributed by atoms with Gasteiger partial charge < -0.3 is 15.6 Å². The molecule has 2 aromatic heterocycles. The lowest BCUT2D eigenvalue weighted by Crippen LogP contribution is -2.44. The Balaban J connectivity index is 1.50. The fraction of sp³-hybridized carbons (Fsp3) is 0.367. The zero-order valence-electron chi connectivity index (χ0n) is 22.1. The van der Waals surface area contributed by atoms with Gasteiger partial charge in [-0.05, 0) is 72.7 Å². The highest BCUT2D eigenvalue weighted by molar-refractivity contribution is 5.77. The van der Waals surface area contributed by atoms with Gasteiger partial charge in [0.2, 0.25) is 0 Å². The Morgan fingerprint density at radius 3 is 2.58 bits per heavy atom. The number of nitrogens with two attached hydrogens (primary N) is 1. The first-order chi connectivity index (χ1) is 19.4. The maximum atomic E-state index is 14.3. The van der Waals surface area contributed by atoms with Gasteiger partial charge in [-0.2, -0.15) is 0 Å². The molecule has 1 saturated carbocycles. The van der Waals surface area contributed by atoms with Crippen LogP contribution in [0.15, 0.2) is 64.3 Å². The van der Waals surface area contributed by atoms with E-state index in [9.17, 15) is 19.1 Å². The molecule has 0 radical (unpaired) electrons. The first kappa shape index (κ1) is 26.4. The monoisotopic (exact) mass is 545 g/mol. The second kappa shape index (κ2) is 11.0. The molecule has 3 heterocycles. The van der Waals surface area contributed by atoms with E-state index in [1.165, 1.54) is 9.13 Å². The summed E-state index contributed by atoms with van der Waals surface area (Å²) in [6.07, 6.45) is 3.61. The molecule has 0 amide bonds. The Morgan fingerprint density at radius 1 is 1.02 bits per heavy atom. The molecule has 40 heavy (non-hydrogen) atoms.